The molecule has 0 N–H and O–H groups in total. The molecule has 17 heteroatoms. The minimum absolute atomic E-state index is 0. The molecule has 0 fully saturated rings. The van der Waals surface area contributed by atoms with E-state index in [0.29, 0.717) is 0 Å². The summed E-state index contributed by atoms with van der Waals surface area (Å²) in [7, 11) is 0. The molecule has 0 nitrogen and oxygen atoms in total. The van der Waals surface area contributed by atoms with Crippen LogP contribution in [-0.4, -0.2) is 0 Å². The van der Waals surface area contributed by atoms with Gasteiger partial charge in [-0.2, -0.15) is 0 Å². The van der Waals surface area contributed by atoms with E-state index in [2.05, 4.69) is 13.0 Å². The molecule has 0 aliphatic rings. The van der Waals surface area contributed by atoms with E-state index in [-0.39, 0.29) is 631 Å². The summed E-state index contributed by atoms with van der Waals surface area (Å²) < 4.78 is 0. The van der Waals surface area contributed by atoms with E-state index in [4.69, 9.17) is 0 Å². The van der Waals surface area contributed by atoms with E-state index in [1.165, 1.54) is 0 Å². The zero-order valence-electron chi connectivity index (χ0n) is 9.96. The Morgan fingerprint density at radius 2 is 0.583 bits per heavy atom. The van der Waals surface area contributed by atoms with E-state index in [1.54, 1.807) is 0 Å². The predicted molar refractivity (Wildman–Crippen MR) is 36.9 cm³/mol. The van der Waals surface area contributed by atoms with Crippen molar-refractivity contribution in [3.63, 3.8) is 0 Å². The molecule has 0 aromatic heterocycles. The van der Waals surface area contributed by atoms with Gasteiger partial charge < -0.3 is 18.6 Å². The topological polar surface area (TPSA) is 0 Å². The second-order valence-electron chi connectivity index (χ2n) is 1.03. The van der Waals surface area contributed by atoms with Crippen LogP contribution in [0.1, 0.15) is 28.7 Å². The Hall–Kier alpha value is 20.1. The molecule has 175 valence electrons. The minimum atomic E-state index is 0. The van der Waals surface area contributed by atoms with Crippen LogP contribution in [0.15, 0.2) is 5.57 Å². The van der Waals surface area contributed by atoms with Crippen LogP contribution in [0.25, 0.3) is 0 Å². The number of hydrogen-bond donors (Lipinski definition) is 0. The van der Waals surface area contributed by atoms with Crippen LogP contribution in [0.5, 0.6) is 0 Å². The fraction of sp³-hybridized carbons (Fsp3) is 0.571. The van der Waals surface area contributed by atoms with Gasteiger partial charge in [0.05, 0.1) is 0 Å². The monoisotopic (exact) mass is 989 g/mol. The predicted octanol–water partition coefficient (Wildman–Crippen LogP) is 2.86. The Balaban J connectivity index is -0.000000000468. The molecule has 0 atom stereocenters. The maximum absolute atomic E-state index is 3.56. The molecule has 0 bridgehead atoms. The average Bonchev–Trinajstić information content (AvgIpc) is 1.38. The Morgan fingerprint density at radius 3 is 0.583 bits per heavy atom. The number of rotatable bonds is 0. The van der Waals surface area contributed by atoms with Crippen molar-refractivity contribution in [3.8, 4) is 0 Å². The Bertz CT molecular complexity index is 69.8. The smallest absolute Gasteiger partial charge is 0 e. The zero-order valence-corrected chi connectivity index (χ0v) is 26.1. The van der Waals surface area contributed by atoms with Crippen molar-refractivity contribution in [2.75, 3.05) is 0 Å². The Kier molecular flexibility index (Phi) is 772. The van der Waals surface area contributed by atoms with Gasteiger partial charge >= 0.3 is 0 Å². The summed E-state index contributed by atoms with van der Waals surface area (Å²) in [6.45, 7) is 7.33. The van der Waals surface area contributed by atoms with Crippen molar-refractivity contribution in [1.82, 2.24) is 0 Å². The van der Waals surface area contributed by atoms with Gasteiger partial charge in [0.15, 0.2) is 0 Å². The summed E-state index contributed by atoms with van der Waals surface area (Å²) in [5.74, 6) is 0. The first-order valence-corrected chi connectivity index (χ1v) is 1.60. The van der Waals surface area contributed by atoms with Gasteiger partial charge in [-0.25, -0.2) is 6.92 Å². The van der Waals surface area contributed by atoms with Crippen LogP contribution >= 0.6 is 0 Å². The van der Waals surface area contributed by atoms with Gasteiger partial charge in [0.2, 0.25) is 0 Å². The molecule has 0 amide bonds. The van der Waals surface area contributed by atoms with E-state index in [0.717, 1.165) is 5.57 Å². The zero-order chi connectivity index (χ0) is 4.28. The maximum Gasteiger partial charge on any atom is 0 e. The molecule has 24 heavy (non-hydrogen) atoms. The van der Waals surface area contributed by atoms with Crippen molar-refractivity contribution in [3.05, 3.63) is 18.6 Å². The summed E-state index contributed by atoms with van der Waals surface area (Å²) in [5.41, 5.74) is 1.00. The molecule has 0 aliphatic carbocycles. The molecule has 0 saturated heterocycles. The maximum atomic E-state index is 3.56. The molecule has 0 aliphatic heterocycles. The standard InChI is InChI=1S/C5H8.2CH4.15Ar.U.V/c1-4-5(2)3;;;;;;;;;;;;;;;;;;;/h2H2,1,3H3;2*1H4;;;;;;;;;;;;;;;;;/q-2;;;;;;;;;;;;;;;;;;;. The molecule has 1 radical (unpaired) electrons. The van der Waals surface area contributed by atoms with Crippen LogP contribution in [0.4, 0.5) is 0 Å². The first-order chi connectivity index (χ1) is 2.27. The van der Waals surface area contributed by atoms with Gasteiger partial charge in [0, 0.05) is 616 Å². The molecular formula is C7H16Ar15UV-2. The normalized spacial score (nSPS) is 2.50. The van der Waals surface area contributed by atoms with Crippen molar-refractivity contribution >= 4 is 0 Å². The van der Waals surface area contributed by atoms with Gasteiger partial charge in [-0.15, -0.1) is 6.92 Å². The van der Waals surface area contributed by atoms with Crippen molar-refractivity contribution in [2.45, 2.75) is 28.7 Å². The van der Waals surface area contributed by atoms with Gasteiger partial charge in [0.25, 0.3) is 0 Å². The van der Waals surface area contributed by atoms with Gasteiger partial charge in [0.1, 0.15) is 0 Å². The molecule has 0 saturated carbocycles. The van der Waals surface area contributed by atoms with Crippen LogP contribution in [0.3, 0.4) is 0 Å². The quantitative estimate of drug-likeness (QED) is 0.329. The SMILES string of the molecule is C.C.[Ar].[Ar].[Ar].[Ar].[Ar].[Ar].[Ar].[Ar].[Ar].[Ar].[Ar].[Ar].[Ar].[Ar].[Ar].[CH2-]C(C)=[C-]C.[U].[V]. The van der Waals surface area contributed by atoms with E-state index >= 15 is 0 Å². The van der Waals surface area contributed by atoms with E-state index < -0.39 is 0 Å². The number of allylic oxidation sites excluding steroid dienone is 2. The first kappa shape index (κ1) is 141. The fourth-order valence-corrected chi connectivity index (χ4v) is 0. The molecule has 0 heterocycles. The van der Waals surface area contributed by atoms with Crippen molar-refractivity contribution in [1.29, 1.82) is 0 Å². The summed E-state index contributed by atoms with van der Waals surface area (Å²) in [6, 6.07) is 0. The van der Waals surface area contributed by atoms with Crippen LogP contribution in [0, 0.1) is 610 Å². The van der Waals surface area contributed by atoms with Gasteiger partial charge in [-0.05, 0) is 0 Å². The largest absolute Gasteiger partial charge is 0.532 e. The van der Waals surface area contributed by atoms with Gasteiger partial charge in [-0.3, -0.25) is 0 Å². The summed E-state index contributed by atoms with van der Waals surface area (Å²) >= 11 is 0. The molecular weight excluding hydrogens is 972 g/mol. The Morgan fingerprint density at radius 1 is 0.542 bits per heavy atom. The summed E-state index contributed by atoms with van der Waals surface area (Å²) in [4.78, 5) is 0. The third kappa shape index (κ3) is 145. The van der Waals surface area contributed by atoms with Crippen LogP contribution in [0.2, 0.25) is 0 Å². The van der Waals surface area contributed by atoms with Crippen LogP contribution < -0.4 is 0 Å². The number of hydrogen-bond acceptors (Lipinski definition) is 0. The van der Waals surface area contributed by atoms with Gasteiger partial charge in [-0.1, -0.05) is 14.9 Å². The third-order valence-corrected chi connectivity index (χ3v) is 0.427. The summed E-state index contributed by atoms with van der Waals surface area (Å²) in [6.07, 6.45) is 2.83. The molecule has 0 aromatic rings. The van der Waals surface area contributed by atoms with Crippen molar-refractivity contribution < 1.29 is 616 Å². The molecule has 0 spiro atoms. The van der Waals surface area contributed by atoms with Crippen molar-refractivity contribution in [2.24, 2.45) is 0 Å². The molecule has 0 aromatic carbocycles. The average molecular weight is 988 g/mol. The first-order valence-electron chi connectivity index (χ1n) is 1.60. The van der Waals surface area contributed by atoms with E-state index in [1.807, 2.05) is 13.8 Å². The third-order valence-electron chi connectivity index (χ3n) is 0.427. The minimum Gasteiger partial charge on any atom is -0.532 e. The molecule has 0 unspecified atom stereocenters. The molecule has 0 rings (SSSR count). The van der Waals surface area contributed by atoms with Crippen LogP contribution in [-0.2, 0) is 18.6 Å². The van der Waals surface area contributed by atoms with E-state index in [9.17, 15) is 0 Å². The fourth-order valence-electron chi connectivity index (χ4n) is 0. The summed E-state index contributed by atoms with van der Waals surface area (Å²) in [5, 5.41) is 0. The second-order valence-corrected chi connectivity index (χ2v) is 1.03. The second kappa shape index (κ2) is 131. The Labute approximate surface area is 638 Å².